The summed E-state index contributed by atoms with van der Waals surface area (Å²) >= 11 is 0. The highest BCUT2D eigenvalue weighted by atomic mass is 19.4. The van der Waals surface area contributed by atoms with Crippen LogP contribution in [0.15, 0.2) is 60.2 Å². The molecule has 1 heterocycles. The van der Waals surface area contributed by atoms with Crippen molar-refractivity contribution in [2.24, 2.45) is 11.3 Å². The van der Waals surface area contributed by atoms with Crippen molar-refractivity contribution in [2.75, 3.05) is 19.6 Å². The molecule has 1 saturated heterocycles. The summed E-state index contributed by atoms with van der Waals surface area (Å²) < 4.78 is 63.5. The molecule has 0 aromatic heterocycles. The minimum atomic E-state index is -5.08. The van der Waals surface area contributed by atoms with Crippen molar-refractivity contribution < 1.29 is 56.0 Å². The Kier molecular flexibility index (Phi) is 12.5. The molecule has 242 valence electrons. The van der Waals surface area contributed by atoms with Crippen molar-refractivity contribution >= 4 is 24.0 Å². The number of halogens is 6. The van der Waals surface area contributed by atoms with Crippen molar-refractivity contribution in [3.8, 4) is 0 Å². The van der Waals surface area contributed by atoms with E-state index in [1.807, 2.05) is 12.1 Å². The SMILES string of the molecule is CC/C(=C\c1ccccc1)[C@@H]1C[C@H]1NCC1(C)CN(Cc2ccc(C(=O)O)cc2)C1.O=C(O)C(F)(F)F.O=C(O)C(F)(F)F. The fourth-order valence-corrected chi connectivity index (χ4v) is 4.71. The number of carbonyl (C=O) groups is 3. The molecule has 2 fully saturated rings. The number of carboxylic acids is 3. The molecule has 2 atom stereocenters. The molecule has 0 unspecified atom stereocenters. The van der Waals surface area contributed by atoms with E-state index in [9.17, 15) is 31.1 Å². The molecule has 0 spiro atoms. The summed E-state index contributed by atoms with van der Waals surface area (Å²) in [6.07, 6.45) is -5.43. The molecule has 1 saturated carbocycles. The van der Waals surface area contributed by atoms with E-state index >= 15 is 0 Å². The van der Waals surface area contributed by atoms with Crippen LogP contribution in [0, 0.1) is 11.3 Å². The number of carboxylic acid groups (broad SMARTS) is 3. The summed E-state index contributed by atoms with van der Waals surface area (Å²) in [4.78, 5) is 31.2. The molecule has 1 aliphatic carbocycles. The molecule has 2 aliphatic rings. The van der Waals surface area contributed by atoms with Gasteiger partial charge in [0.25, 0.3) is 0 Å². The number of hydrogen-bond donors (Lipinski definition) is 4. The third kappa shape index (κ3) is 12.0. The number of likely N-dealkylation sites (tertiary alicyclic amines) is 1. The van der Waals surface area contributed by atoms with Gasteiger partial charge in [0.05, 0.1) is 5.56 Å². The van der Waals surface area contributed by atoms with Crippen LogP contribution in [0.25, 0.3) is 6.08 Å². The minimum absolute atomic E-state index is 0.323. The Morgan fingerprint density at radius 3 is 1.84 bits per heavy atom. The molecule has 0 bridgehead atoms. The lowest BCUT2D eigenvalue weighted by atomic mass is 9.81. The molecule has 2 aromatic rings. The Morgan fingerprint density at radius 1 is 0.909 bits per heavy atom. The maximum Gasteiger partial charge on any atom is 0.490 e. The first-order valence-electron chi connectivity index (χ1n) is 13.5. The van der Waals surface area contributed by atoms with E-state index in [1.165, 1.54) is 17.5 Å². The van der Waals surface area contributed by atoms with Crippen LogP contribution in [0.5, 0.6) is 0 Å². The fraction of sp³-hybridized carbons (Fsp3) is 0.433. The number of alkyl halides is 6. The Balaban J connectivity index is 0.000000402. The topological polar surface area (TPSA) is 127 Å². The smallest absolute Gasteiger partial charge is 0.478 e. The number of rotatable bonds is 9. The zero-order valence-corrected chi connectivity index (χ0v) is 24.0. The molecular formula is C30H34F6N2O6. The molecule has 0 amide bonds. The highest BCUT2D eigenvalue weighted by Gasteiger charge is 2.43. The third-order valence-electron chi connectivity index (χ3n) is 6.92. The number of aliphatic carboxylic acids is 2. The van der Waals surface area contributed by atoms with Gasteiger partial charge in [-0.25, -0.2) is 14.4 Å². The fourth-order valence-electron chi connectivity index (χ4n) is 4.71. The maximum atomic E-state index is 11.0. The van der Waals surface area contributed by atoms with Gasteiger partial charge in [-0.1, -0.05) is 68.0 Å². The molecule has 8 nitrogen and oxygen atoms in total. The Morgan fingerprint density at radius 2 is 1.41 bits per heavy atom. The van der Waals surface area contributed by atoms with E-state index in [2.05, 4.69) is 60.5 Å². The molecule has 4 N–H and O–H groups in total. The number of aromatic carboxylic acids is 1. The van der Waals surface area contributed by atoms with Gasteiger partial charge >= 0.3 is 30.3 Å². The van der Waals surface area contributed by atoms with Crippen LogP contribution in [-0.2, 0) is 16.1 Å². The number of nitrogens with one attached hydrogen (secondary N) is 1. The van der Waals surface area contributed by atoms with E-state index < -0.39 is 30.3 Å². The first-order valence-corrected chi connectivity index (χ1v) is 13.5. The van der Waals surface area contributed by atoms with Crippen molar-refractivity contribution in [1.82, 2.24) is 10.2 Å². The van der Waals surface area contributed by atoms with Crippen LogP contribution < -0.4 is 5.32 Å². The summed E-state index contributed by atoms with van der Waals surface area (Å²) in [6, 6.07) is 18.5. The average Bonchev–Trinajstić information content (AvgIpc) is 3.70. The van der Waals surface area contributed by atoms with Crippen LogP contribution in [0.1, 0.15) is 48.2 Å². The van der Waals surface area contributed by atoms with Gasteiger partial charge in [0.15, 0.2) is 0 Å². The number of benzene rings is 2. The van der Waals surface area contributed by atoms with E-state index in [0.717, 1.165) is 32.6 Å². The number of nitrogens with zero attached hydrogens (tertiary/aromatic N) is 1. The summed E-state index contributed by atoms with van der Waals surface area (Å²) in [6.45, 7) is 8.74. The summed E-state index contributed by atoms with van der Waals surface area (Å²) in [5, 5.41) is 27.1. The second-order valence-electron chi connectivity index (χ2n) is 10.9. The van der Waals surface area contributed by atoms with Gasteiger partial charge in [0.1, 0.15) is 0 Å². The zero-order valence-electron chi connectivity index (χ0n) is 24.0. The predicted octanol–water partition coefficient (Wildman–Crippen LogP) is 5.95. The molecule has 44 heavy (non-hydrogen) atoms. The molecule has 2 aromatic carbocycles. The van der Waals surface area contributed by atoms with Crippen LogP contribution in [0.2, 0.25) is 0 Å². The largest absolute Gasteiger partial charge is 0.490 e. The standard InChI is InChI=1S/C26H32N2O2.2C2HF3O2/c1-3-21(13-19-7-5-4-6-8-19)23-14-24(23)27-16-26(2)17-28(18-26)15-20-9-11-22(12-10-20)25(29)30;2*3-2(4,5)1(6)7/h4-13,23-24,27H,3,14-18H2,1-2H3,(H,29,30);2*(H,6,7)/b21-13+;;/t23-,24+;;/m0../s1. The minimum Gasteiger partial charge on any atom is -0.478 e. The average molecular weight is 633 g/mol. The summed E-state index contributed by atoms with van der Waals surface area (Å²) in [5.41, 5.74) is 4.71. The van der Waals surface area contributed by atoms with Gasteiger partial charge in [-0.2, -0.15) is 26.3 Å². The predicted molar refractivity (Wildman–Crippen MR) is 149 cm³/mol. The zero-order chi connectivity index (χ0) is 33.3. The first-order chi connectivity index (χ1) is 20.3. The third-order valence-corrected chi connectivity index (χ3v) is 6.92. The van der Waals surface area contributed by atoms with Crippen LogP contribution >= 0.6 is 0 Å². The lowest BCUT2D eigenvalue weighted by Crippen LogP contribution is -2.58. The van der Waals surface area contributed by atoms with Crippen molar-refractivity contribution in [3.63, 3.8) is 0 Å². The van der Waals surface area contributed by atoms with Crippen LogP contribution in [0.4, 0.5) is 26.3 Å². The monoisotopic (exact) mass is 632 g/mol. The normalized spacial score (nSPS) is 19.3. The first kappa shape index (κ1) is 36.3. The van der Waals surface area contributed by atoms with Crippen molar-refractivity contribution in [3.05, 3.63) is 76.9 Å². The Hall–Kier alpha value is -3.91. The van der Waals surface area contributed by atoms with E-state index in [-0.39, 0.29) is 0 Å². The molecule has 4 rings (SSSR count). The number of hydrogen-bond acceptors (Lipinski definition) is 5. The Bertz CT molecular complexity index is 1270. The molecule has 1 aliphatic heterocycles. The van der Waals surface area contributed by atoms with Crippen molar-refractivity contribution in [2.45, 2.75) is 51.6 Å². The van der Waals surface area contributed by atoms with Gasteiger partial charge in [0, 0.05) is 37.6 Å². The van der Waals surface area contributed by atoms with Gasteiger partial charge in [-0.3, -0.25) is 4.90 Å². The summed E-state index contributed by atoms with van der Waals surface area (Å²) in [5.74, 6) is -5.70. The highest BCUT2D eigenvalue weighted by molar-refractivity contribution is 5.87. The lowest BCUT2D eigenvalue weighted by Gasteiger charge is -2.48. The van der Waals surface area contributed by atoms with Crippen molar-refractivity contribution in [1.29, 1.82) is 0 Å². The molecule has 0 radical (unpaired) electrons. The quantitative estimate of drug-likeness (QED) is 0.250. The van der Waals surface area contributed by atoms with Gasteiger partial charge < -0.3 is 20.6 Å². The van der Waals surface area contributed by atoms with E-state index in [1.54, 1.807) is 17.7 Å². The maximum absolute atomic E-state index is 11.0. The van der Waals surface area contributed by atoms with E-state index in [0.29, 0.717) is 22.9 Å². The highest BCUT2D eigenvalue weighted by Crippen LogP contribution is 2.41. The Labute approximate surface area is 250 Å². The van der Waals surface area contributed by atoms with E-state index in [4.69, 9.17) is 24.9 Å². The molecular weight excluding hydrogens is 598 g/mol. The lowest BCUT2D eigenvalue weighted by molar-refractivity contribution is -0.193. The second-order valence-corrected chi connectivity index (χ2v) is 10.9. The summed E-state index contributed by atoms with van der Waals surface area (Å²) in [7, 11) is 0. The van der Waals surface area contributed by atoms with Gasteiger partial charge in [-0.05, 0) is 42.0 Å². The second kappa shape index (κ2) is 15.2. The van der Waals surface area contributed by atoms with Crippen LogP contribution in [0.3, 0.4) is 0 Å². The van der Waals surface area contributed by atoms with Gasteiger partial charge in [-0.15, -0.1) is 0 Å². The van der Waals surface area contributed by atoms with Gasteiger partial charge in [0.2, 0.25) is 0 Å². The van der Waals surface area contributed by atoms with Crippen LogP contribution in [-0.4, -0.2) is 76.2 Å². The molecule has 14 heteroatoms.